The van der Waals surface area contributed by atoms with Crippen molar-refractivity contribution in [3.05, 3.63) is 0 Å². The van der Waals surface area contributed by atoms with Gasteiger partial charge in [0, 0.05) is 31.0 Å². The van der Waals surface area contributed by atoms with Crippen molar-refractivity contribution in [2.75, 3.05) is 13.7 Å². The summed E-state index contributed by atoms with van der Waals surface area (Å²) < 4.78 is 24.4. The van der Waals surface area contributed by atoms with E-state index >= 15 is 0 Å². The summed E-state index contributed by atoms with van der Waals surface area (Å²) in [5.41, 5.74) is 2.12. The highest BCUT2D eigenvalue weighted by molar-refractivity contribution is 6.21. The minimum atomic E-state index is -1.08. The van der Waals surface area contributed by atoms with Crippen molar-refractivity contribution in [3.8, 4) is 0 Å². The number of hydroxylamine groups is 1. The Balaban J connectivity index is 1.19. The van der Waals surface area contributed by atoms with Crippen LogP contribution in [0.1, 0.15) is 51.4 Å². The number of amides is 2. The highest BCUT2D eigenvalue weighted by Crippen LogP contribution is 2.55. The van der Waals surface area contributed by atoms with Crippen LogP contribution in [0.5, 0.6) is 0 Å². The maximum absolute atomic E-state index is 13.7. The molecule has 0 aromatic carbocycles. The molecule has 1 heterocycles. The topological polar surface area (TPSA) is 97.9 Å². The van der Waals surface area contributed by atoms with E-state index in [1.807, 2.05) is 0 Å². The van der Waals surface area contributed by atoms with E-state index < -0.39 is 17.7 Å². The van der Waals surface area contributed by atoms with Crippen LogP contribution < -0.4 is 16.1 Å². The quantitative estimate of drug-likeness (QED) is 0.519. The molecule has 0 aromatic rings. The summed E-state index contributed by atoms with van der Waals surface area (Å²) in [4.78, 5) is 30.1. The van der Waals surface area contributed by atoms with Crippen LogP contribution in [0.3, 0.4) is 0 Å². The van der Waals surface area contributed by atoms with Crippen LogP contribution >= 0.6 is 11.6 Å². The summed E-state index contributed by atoms with van der Waals surface area (Å²) in [6.45, 7) is -0.0779. The molecule has 5 aliphatic rings. The first-order valence-corrected chi connectivity index (χ1v) is 10.7. The van der Waals surface area contributed by atoms with Gasteiger partial charge in [0.15, 0.2) is 6.10 Å². The second-order valence-corrected chi connectivity index (χ2v) is 9.47. The molecule has 5 atom stereocenters. The Morgan fingerprint density at radius 3 is 2.59 bits per heavy atom. The average Bonchev–Trinajstić information content (AvgIpc) is 3.36. The first kappa shape index (κ1) is 21.2. The van der Waals surface area contributed by atoms with Gasteiger partial charge in [-0.1, -0.05) is 0 Å². The van der Waals surface area contributed by atoms with Crippen LogP contribution in [0.15, 0.2) is 0 Å². The van der Waals surface area contributed by atoms with E-state index in [4.69, 9.17) is 25.9 Å². The molecule has 5 unspecified atom stereocenters. The Hall–Kier alpha value is -1.00. The Bertz CT molecular complexity index is 647. The summed E-state index contributed by atoms with van der Waals surface area (Å²) >= 11 is 5.88. The predicted octanol–water partition coefficient (Wildman–Crippen LogP) is 1.06. The number of carbonyl (C=O) groups is 2. The molecule has 5 rings (SSSR count). The van der Waals surface area contributed by atoms with Gasteiger partial charge in [0.1, 0.15) is 19.0 Å². The van der Waals surface area contributed by atoms with Crippen molar-refractivity contribution in [3.63, 3.8) is 0 Å². The maximum atomic E-state index is 13.7. The van der Waals surface area contributed by atoms with Crippen LogP contribution in [-0.2, 0) is 23.9 Å². The summed E-state index contributed by atoms with van der Waals surface area (Å²) in [6.07, 6.45) is 2.77. The molecule has 0 radical (unpaired) electrons. The van der Waals surface area contributed by atoms with Gasteiger partial charge < -0.3 is 20.1 Å². The molecule has 4 saturated carbocycles. The minimum Gasteiger partial charge on any atom is -0.368 e. The fourth-order valence-electron chi connectivity index (χ4n) is 5.19. The smallest absolute Gasteiger partial charge is 0.251 e. The average molecular weight is 434 g/mol. The van der Waals surface area contributed by atoms with Crippen molar-refractivity contribution in [2.45, 2.75) is 92.4 Å². The third-order valence-corrected chi connectivity index (χ3v) is 7.16. The second-order valence-electron chi connectivity index (χ2n) is 8.91. The summed E-state index contributed by atoms with van der Waals surface area (Å²) in [5.74, 6) is -0.348. The van der Waals surface area contributed by atoms with Gasteiger partial charge in [-0.05, 0) is 38.5 Å². The highest BCUT2D eigenvalue weighted by Gasteiger charge is 2.62. The van der Waals surface area contributed by atoms with Gasteiger partial charge in [-0.3, -0.25) is 14.4 Å². The van der Waals surface area contributed by atoms with Crippen molar-refractivity contribution in [1.29, 1.82) is 0 Å². The van der Waals surface area contributed by atoms with Gasteiger partial charge in [0.05, 0.1) is 11.5 Å². The van der Waals surface area contributed by atoms with E-state index in [0.717, 1.165) is 12.8 Å². The van der Waals surface area contributed by atoms with Gasteiger partial charge in [0.2, 0.25) is 5.91 Å². The number of hydrogen-bond acceptors (Lipinski definition) is 6. The molecule has 10 heteroatoms. The van der Waals surface area contributed by atoms with Crippen LogP contribution in [-0.4, -0.2) is 66.6 Å². The van der Waals surface area contributed by atoms with Crippen molar-refractivity contribution >= 4 is 23.4 Å². The lowest BCUT2D eigenvalue weighted by Crippen LogP contribution is -2.65. The molecule has 2 bridgehead atoms. The number of rotatable bonds is 7. The number of methoxy groups -OCH3 is 1. The van der Waals surface area contributed by atoms with E-state index in [0.29, 0.717) is 32.1 Å². The first-order chi connectivity index (χ1) is 13.8. The molecular weight excluding hydrogens is 405 g/mol. The molecule has 0 aromatic heterocycles. The zero-order chi connectivity index (χ0) is 20.6. The van der Waals surface area contributed by atoms with Crippen LogP contribution in [0, 0.1) is 0 Å². The third-order valence-electron chi connectivity index (χ3n) is 6.67. The molecule has 164 valence electrons. The Morgan fingerprint density at radius 2 is 1.93 bits per heavy atom. The largest absolute Gasteiger partial charge is 0.368 e. The molecule has 1 saturated heterocycles. The number of ether oxygens (including phenoxy) is 2. The molecule has 4 aliphatic carbocycles. The number of halogens is 2. The van der Waals surface area contributed by atoms with Gasteiger partial charge >= 0.3 is 0 Å². The first-order valence-electron chi connectivity index (χ1n) is 10.3. The lowest BCUT2D eigenvalue weighted by molar-refractivity contribution is -0.137. The standard InChI is InChI=1S/C19H29ClFN3O5/c1-27-16-7-14(29-24-16)17(26)23-19-5-4-18(9-19,10-19)22-15(25)8-28-11-2-3-12(20)13(21)6-11/h11-14,16,24H,2-10H2,1H3,(H,22,25)(H,23,26). The van der Waals surface area contributed by atoms with Crippen LogP contribution in [0.25, 0.3) is 0 Å². The van der Waals surface area contributed by atoms with Gasteiger partial charge in [-0.15, -0.1) is 11.6 Å². The molecule has 5 fully saturated rings. The number of carbonyl (C=O) groups excluding carboxylic acids is 2. The van der Waals surface area contributed by atoms with Gasteiger partial charge in [0.25, 0.3) is 5.91 Å². The molecule has 0 spiro atoms. The normalized spacial score (nSPS) is 43.6. The number of hydrogen-bond donors (Lipinski definition) is 3. The van der Waals surface area contributed by atoms with E-state index in [2.05, 4.69) is 16.1 Å². The SMILES string of the molecule is COC1CC(C(=O)NC23CCC(NC(=O)COC4CCC(Cl)C(F)C4)(C2)C3)ON1. The zero-order valence-corrected chi connectivity index (χ0v) is 17.3. The van der Waals surface area contributed by atoms with E-state index in [9.17, 15) is 14.0 Å². The molecule has 29 heavy (non-hydrogen) atoms. The highest BCUT2D eigenvalue weighted by atomic mass is 35.5. The molecule has 8 nitrogen and oxygen atoms in total. The fourth-order valence-corrected chi connectivity index (χ4v) is 5.42. The molecule has 2 amide bonds. The van der Waals surface area contributed by atoms with Crippen LogP contribution in [0.2, 0.25) is 0 Å². The van der Waals surface area contributed by atoms with Crippen molar-refractivity contribution in [2.24, 2.45) is 0 Å². The van der Waals surface area contributed by atoms with Gasteiger partial charge in [-0.25, -0.2) is 4.39 Å². The van der Waals surface area contributed by atoms with Crippen molar-refractivity contribution < 1.29 is 28.3 Å². The van der Waals surface area contributed by atoms with Crippen LogP contribution in [0.4, 0.5) is 4.39 Å². The maximum Gasteiger partial charge on any atom is 0.251 e. The lowest BCUT2D eigenvalue weighted by atomic mass is 9.71. The summed E-state index contributed by atoms with van der Waals surface area (Å²) in [6, 6.07) is 0. The number of alkyl halides is 2. The minimum absolute atomic E-state index is 0.0779. The number of fused-ring (bicyclic) bond motifs is 1. The van der Waals surface area contributed by atoms with Crippen molar-refractivity contribution in [1.82, 2.24) is 16.1 Å². The third kappa shape index (κ3) is 4.54. The molecule has 1 aliphatic heterocycles. The Kier molecular flexibility index (Phi) is 6.05. The summed E-state index contributed by atoms with van der Waals surface area (Å²) in [7, 11) is 1.56. The Morgan fingerprint density at radius 1 is 1.21 bits per heavy atom. The van der Waals surface area contributed by atoms with E-state index in [-0.39, 0.29) is 48.3 Å². The monoisotopic (exact) mass is 433 g/mol. The molecular formula is C19H29ClFN3O5. The summed E-state index contributed by atoms with van der Waals surface area (Å²) in [5, 5.41) is 5.71. The van der Waals surface area contributed by atoms with E-state index in [1.165, 1.54) is 0 Å². The predicted molar refractivity (Wildman–Crippen MR) is 102 cm³/mol. The lowest BCUT2D eigenvalue weighted by Gasteiger charge is -2.48. The Labute approximate surface area is 174 Å². The number of nitrogens with one attached hydrogen (secondary N) is 3. The zero-order valence-electron chi connectivity index (χ0n) is 16.5. The van der Waals surface area contributed by atoms with E-state index in [1.54, 1.807) is 7.11 Å². The molecule has 3 N–H and O–H groups in total. The van der Waals surface area contributed by atoms with Gasteiger partial charge in [-0.2, -0.15) is 5.48 Å². The fraction of sp³-hybridized carbons (Fsp3) is 0.895. The second kappa shape index (κ2) is 8.26.